The Kier molecular flexibility index (Phi) is 5.82. The van der Waals surface area contributed by atoms with Crippen molar-refractivity contribution in [2.24, 2.45) is 0 Å². The Balaban J connectivity index is 1.82. The Bertz CT molecular complexity index is 1150. The summed E-state index contributed by atoms with van der Waals surface area (Å²) in [6.45, 7) is 4.39. The van der Waals surface area contributed by atoms with Crippen molar-refractivity contribution in [3.8, 4) is 0 Å². The topological polar surface area (TPSA) is 131 Å². The van der Waals surface area contributed by atoms with Crippen LogP contribution in [0.1, 0.15) is 44.6 Å². The lowest BCUT2D eigenvalue weighted by Gasteiger charge is -2.23. The highest BCUT2D eigenvalue weighted by atomic mass is 35.5. The third kappa shape index (κ3) is 4.08. The minimum atomic E-state index is -1.05. The van der Waals surface area contributed by atoms with Gasteiger partial charge in [0.2, 0.25) is 5.28 Å². The minimum absolute atomic E-state index is 0.0479. The molecule has 4 rings (SSSR count). The molecule has 31 heavy (non-hydrogen) atoms. The molecule has 11 nitrogen and oxygen atoms in total. The fourth-order valence-electron chi connectivity index (χ4n) is 3.40. The molecule has 0 bridgehead atoms. The molecule has 0 N–H and O–H groups in total. The summed E-state index contributed by atoms with van der Waals surface area (Å²) in [6, 6.07) is 1.69. The van der Waals surface area contributed by atoms with E-state index in [1.54, 1.807) is 6.07 Å². The zero-order valence-corrected chi connectivity index (χ0v) is 18.1. The molecular formula is C18H17Cl2N5O6. The summed E-state index contributed by atoms with van der Waals surface area (Å²) in [4.78, 5) is 35.9. The van der Waals surface area contributed by atoms with Crippen LogP contribution in [-0.4, -0.2) is 48.8 Å². The van der Waals surface area contributed by atoms with Crippen LogP contribution < -0.4 is 0 Å². The Labute approximate surface area is 185 Å². The Morgan fingerprint density at radius 2 is 1.87 bits per heavy atom. The number of imidazole rings is 1. The number of fused-ring (bicyclic) bond motifs is 1. The maximum Gasteiger partial charge on any atom is 0.303 e. The molecule has 0 amide bonds. The molecule has 4 heterocycles. The molecule has 0 aliphatic carbocycles. The quantitative estimate of drug-likeness (QED) is 0.312. The molecule has 1 aliphatic rings. The predicted octanol–water partition coefficient (Wildman–Crippen LogP) is 2.82. The van der Waals surface area contributed by atoms with Gasteiger partial charge in [-0.15, -0.1) is 0 Å². The van der Waals surface area contributed by atoms with Crippen molar-refractivity contribution < 1.29 is 28.3 Å². The third-order valence-electron chi connectivity index (χ3n) is 4.64. The number of aryl methyl sites for hydroxylation is 1. The van der Waals surface area contributed by atoms with Gasteiger partial charge in [-0.05, 0) is 18.0 Å². The second kappa shape index (κ2) is 8.40. The summed E-state index contributed by atoms with van der Waals surface area (Å²) in [5, 5.41) is 3.91. The van der Waals surface area contributed by atoms with Crippen molar-refractivity contribution in [3.05, 3.63) is 34.3 Å². The summed E-state index contributed by atoms with van der Waals surface area (Å²) in [6.07, 6.45) is -1.93. The number of carbonyl (C=O) groups is 2. The first-order valence-corrected chi connectivity index (χ1v) is 10.0. The van der Waals surface area contributed by atoms with Gasteiger partial charge in [0.1, 0.15) is 5.52 Å². The number of aromatic nitrogens is 5. The van der Waals surface area contributed by atoms with E-state index < -0.39 is 36.5 Å². The Morgan fingerprint density at radius 1 is 1.16 bits per heavy atom. The standard InChI is InChI=1S/C18H17Cl2N5O6/c1-4-9-5-10(31-24-9)12-13(28-7(2)26)14(29-8(3)27)17(30-12)25-6-21-11-15(19)22-18(20)23-16(11)25/h5-6,12-14,17H,4H2,1-3H3. The van der Waals surface area contributed by atoms with E-state index in [-0.39, 0.29) is 21.6 Å². The van der Waals surface area contributed by atoms with Crippen molar-refractivity contribution in [3.63, 3.8) is 0 Å². The average molecular weight is 470 g/mol. The van der Waals surface area contributed by atoms with Crippen LogP contribution in [0.2, 0.25) is 10.4 Å². The minimum Gasteiger partial charge on any atom is -0.455 e. The van der Waals surface area contributed by atoms with Crippen molar-refractivity contribution in [2.75, 3.05) is 0 Å². The van der Waals surface area contributed by atoms with E-state index in [0.29, 0.717) is 17.9 Å². The van der Waals surface area contributed by atoms with Crippen LogP contribution in [0, 0.1) is 0 Å². The molecule has 0 radical (unpaired) electrons. The number of halogens is 2. The number of ether oxygens (including phenoxy) is 3. The van der Waals surface area contributed by atoms with Crippen molar-refractivity contribution >= 4 is 46.3 Å². The lowest BCUT2D eigenvalue weighted by atomic mass is 10.1. The first-order valence-electron chi connectivity index (χ1n) is 9.29. The van der Waals surface area contributed by atoms with Gasteiger partial charge < -0.3 is 18.7 Å². The molecule has 4 unspecified atom stereocenters. The van der Waals surface area contributed by atoms with Crippen molar-refractivity contribution in [2.45, 2.75) is 51.7 Å². The van der Waals surface area contributed by atoms with Crippen LogP contribution >= 0.6 is 23.2 Å². The van der Waals surface area contributed by atoms with Gasteiger partial charge >= 0.3 is 11.9 Å². The molecule has 1 fully saturated rings. The maximum absolute atomic E-state index is 11.9. The van der Waals surface area contributed by atoms with Gasteiger partial charge in [0.05, 0.1) is 12.0 Å². The van der Waals surface area contributed by atoms with E-state index in [1.165, 1.54) is 24.7 Å². The van der Waals surface area contributed by atoms with E-state index in [1.807, 2.05) is 6.92 Å². The highest BCUT2D eigenvalue weighted by molar-refractivity contribution is 6.35. The lowest BCUT2D eigenvalue weighted by Crippen LogP contribution is -2.36. The normalized spacial score (nSPS) is 23.3. The van der Waals surface area contributed by atoms with Crippen LogP contribution in [0.15, 0.2) is 16.9 Å². The fourth-order valence-corrected chi connectivity index (χ4v) is 3.82. The molecule has 1 saturated heterocycles. The van der Waals surface area contributed by atoms with Crippen LogP contribution in [0.3, 0.4) is 0 Å². The number of esters is 2. The SMILES string of the molecule is CCc1cc(C2OC(n3cnc4c(Cl)nc(Cl)nc43)C(OC(C)=O)C2OC(C)=O)on1. The third-order valence-corrected chi connectivity index (χ3v) is 5.07. The van der Waals surface area contributed by atoms with Gasteiger partial charge in [0, 0.05) is 19.9 Å². The van der Waals surface area contributed by atoms with Gasteiger partial charge in [-0.25, -0.2) is 9.97 Å². The molecule has 3 aromatic heterocycles. The average Bonchev–Trinajstić information content (AvgIpc) is 3.39. The van der Waals surface area contributed by atoms with Gasteiger partial charge in [0.25, 0.3) is 0 Å². The molecule has 4 atom stereocenters. The van der Waals surface area contributed by atoms with Crippen LogP contribution in [0.4, 0.5) is 0 Å². The molecule has 1 aliphatic heterocycles. The lowest BCUT2D eigenvalue weighted by molar-refractivity contribution is -0.165. The first-order chi connectivity index (χ1) is 14.8. The van der Waals surface area contributed by atoms with Crippen molar-refractivity contribution in [1.82, 2.24) is 24.7 Å². The zero-order chi connectivity index (χ0) is 22.3. The summed E-state index contributed by atoms with van der Waals surface area (Å²) in [5.74, 6) is -0.869. The predicted molar refractivity (Wildman–Crippen MR) is 105 cm³/mol. The monoisotopic (exact) mass is 469 g/mol. The van der Waals surface area contributed by atoms with Crippen molar-refractivity contribution in [1.29, 1.82) is 0 Å². The number of hydrogen-bond acceptors (Lipinski definition) is 10. The summed E-state index contributed by atoms with van der Waals surface area (Å²) < 4.78 is 24.0. The molecule has 13 heteroatoms. The molecular weight excluding hydrogens is 453 g/mol. The van der Waals surface area contributed by atoms with Crippen LogP contribution in [0.25, 0.3) is 11.2 Å². The summed E-state index contributed by atoms with van der Waals surface area (Å²) in [7, 11) is 0. The molecule has 164 valence electrons. The van der Waals surface area contributed by atoms with Gasteiger partial charge in [-0.3, -0.25) is 14.2 Å². The van der Waals surface area contributed by atoms with Gasteiger partial charge in [0.15, 0.2) is 41.1 Å². The molecule has 3 aromatic rings. The van der Waals surface area contributed by atoms with Crippen LogP contribution in [-0.2, 0) is 30.2 Å². The smallest absolute Gasteiger partial charge is 0.303 e. The van der Waals surface area contributed by atoms with Gasteiger partial charge in [-0.2, -0.15) is 4.98 Å². The number of carbonyl (C=O) groups excluding carboxylic acids is 2. The van der Waals surface area contributed by atoms with E-state index in [2.05, 4.69) is 20.1 Å². The second-order valence-electron chi connectivity index (χ2n) is 6.78. The van der Waals surface area contributed by atoms with E-state index in [9.17, 15) is 9.59 Å². The molecule has 0 saturated carbocycles. The number of nitrogens with zero attached hydrogens (tertiary/aromatic N) is 5. The van der Waals surface area contributed by atoms with Crippen LogP contribution in [0.5, 0.6) is 0 Å². The van der Waals surface area contributed by atoms with E-state index >= 15 is 0 Å². The Morgan fingerprint density at radius 3 is 2.52 bits per heavy atom. The summed E-state index contributed by atoms with van der Waals surface area (Å²) in [5.41, 5.74) is 1.21. The van der Waals surface area contributed by atoms with E-state index in [4.69, 9.17) is 41.9 Å². The highest BCUT2D eigenvalue weighted by Gasteiger charge is 2.52. The molecule has 0 aromatic carbocycles. The number of rotatable bonds is 5. The number of hydrogen-bond donors (Lipinski definition) is 0. The van der Waals surface area contributed by atoms with Gasteiger partial charge in [-0.1, -0.05) is 23.7 Å². The summed E-state index contributed by atoms with van der Waals surface area (Å²) >= 11 is 12.1. The second-order valence-corrected chi connectivity index (χ2v) is 7.47. The molecule has 0 spiro atoms. The maximum atomic E-state index is 11.9. The largest absolute Gasteiger partial charge is 0.455 e. The Hall–Kier alpha value is -2.76. The first kappa shape index (κ1) is 21.5. The highest BCUT2D eigenvalue weighted by Crippen LogP contribution is 2.43. The fraction of sp³-hybridized carbons (Fsp3) is 0.444. The zero-order valence-electron chi connectivity index (χ0n) is 16.6. The van der Waals surface area contributed by atoms with E-state index in [0.717, 1.165) is 0 Å².